The van der Waals surface area contributed by atoms with Crippen LogP contribution in [0.15, 0.2) is 35.6 Å². The van der Waals surface area contributed by atoms with Gasteiger partial charge in [0.25, 0.3) is 5.60 Å². The molecule has 2 saturated heterocycles. The van der Waals surface area contributed by atoms with Crippen LogP contribution in [-0.2, 0) is 27.1 Å². The number of thioether (sulfide) groups is 1. The Balaban J connectivity index is 1.37. The predicted octanol–water partition coefficient (Wildman–Crippen LogP) is 6.36. The van der Waals surface area contributed by atoms with E-state index in [4.69, 9.17) is 28.0 Å². The maximum atomic E-state index is 15.3. The summed E-state index contributed by atoms with van der Waals surface area (Å²) in [7, 11) is 0. The van der Waals surface area contributed by atoms with Crippen LogP contribution in [0.25, 0.3) is 0 Å². The lowest BCUT2D eigenvalue weighted by Crippen LogP contribution is -2.61. The quantitative estimate of drug-likeness (QED) is 0.383. The summed E-state index contributed by atoms with van der Waals surface area (Å²) in [5.41, 5.74) is -7.87. The Morgan fingerprint density at radius 1 is 1.11 bits per heavy atom. The number of hydrogen-bond acceptors (Lipinski definition) is 5. The number of benzene rings is 1. The van der Waals surface area contributed by atoms with E-state index in [-0.39, 0.29) is 48.0 Å². The number of rotatable bonds is 4. The fraction of sp³-hybridized carbons (Fsp3) is 0.435. The van der Waals surface area contributed by atoms with Crippen molar-refractivity contribution in [2.75, 3.05) is 24.6 Å². The van der Waals surface area contributed by atoms with Gasteiger partial charge in [-0.15, -0.1) is 0 Å². The number of halogens is 9. The first-order valence-electron chi connectivity index (χ1n) is 11.1. The van der Waals surface area contributed by atoms with Gasteiger partial charge >= 0.3 is 12.4 Å². The minimum Gasteiger partial charge on any atom is -0.374 e. The van der Waals surface area contributed by atoms with Gasteiger partial charge in [0.05, 0.1) is 52.4 Å². The van der Waals surface area contributed by atoms with Crippen molar-refractivity contribution in [2.45, 2.75) is 30.0 Å². The number of oxime groups is 1. The Morgan fingerprint density at radius 3 is 2.32 bits per heavy atom. The molecular formula is C23H16Cl2F7N3O2S. The summed E-state index contributed by atoms with van der Waals surface area (Å²) in [6, 6.07) is 3.46. The van der Waals surface area contributed by atoms with Crippen molar-refractivity contribution in [3.8, 4) is 0 Å². The van der Waals surface area contributed by atoms with Crippen molar-refractivity contribution in [3.63, 3.8) is 0 Å². The summed E-state index contributed by atoms with van der Waals surface area (Å²) < 4.78 is 98.2. The first kappa shape index (κ1) is 27.3. The molecule has 4 heterocycles. The van der Waals surface area contributed by atoms with Crippen LogP contribution in [0.1, 0.15) is 28.8 Å². The molecule has 5 rings (SSSR count). The molecule has 0 N–H and O–H groups in total. The SMILES string of the molecule is O=C(C1CSC1)N1CC(F)(c2ccc(C3=NOC(c4cc(Cl)c(Cl)c(C(F)(F)F)c4)(C(F)(F)F)C3)cn2)C1. The highest BCUT2D eigenvalue weighted by Crippen LogP contribution is 2.51. The van der Waals surface area contributed by atoms with E-state index in [1.54, 1.807) is 11.8 Å². The Bertz CT molecular complexity index is 1310. The van der Waals surface area contributed by atoms with Crippen LogP contribution in [0.2, 0.25) is 10.0 Å². The van der Waals surface area contributed by atoms with E-state index in [9.17, 15) is 31.1 Å². The smallest absolute Gasteiger partial charge is 0.374 e. The number of aromatic nitrogens is 1. The van der Waals surface area contributed by atoms with Gasteiger partial charge in [-0.1, -0.05) is 28.4 Å². The van der Waals surface area contributed by atoms with Crippen molar-refractivity contribution in [1.82, 2.24) is 9.88 Å². The van der Waals surface area contributed by atoms with Gasteiger partial charge in [-0.2, -0.15) is 38.1 Å². The molecule has 1 aromatic heterocycles. The van der Waals surface area contributed by atoms with E-state index < -0.39 is 51.2 Å². The average Bonchev–Trinajstić information content (AvgIpc) is 3.24. The molecule has 2 aromatic rings. The van der Waals surface area contributed by atoms with Crippen molar-refractivity contribution in [3.05, 3.63) is 62.9 Å². The molecule has 38 heavy (non-hydrogen) atoms. The van der Waals surface area contributed by atoms with Crippen LogP contribution < -0.4 is 0 Å². The Morgan fingerprint density at radius 2 is 1.79 bits per heavy atom. The standard InChI is InChI=1S/C23H16Cl2F7N3O2S/c24-15-4-13(3-14(18(15)25)22(27,28)29)21(23(30,31)32)5-16(34-37-21)11-1-2-17(33-6-11)20(26)9-35(10-20)19(36)12-7-38-8-12/h1-4,6,12H,5,7-10H2. The highest BCUT2D eigenvalue weighted by molar-refractivity contribution is 8.00. The van der Waals surface area contributed by atoms with Crippen LogP contribution >= 0.6 is 35.0 Å². The number of carbonyl (C=O) groups excluding carboxylic acids is 1. The molecule has 204 valence electrons. The lowest BCUT2D eigenvalue weighted by molar-refractivity contribution is -0.276. The second-order valence-corrected chi connectivity index (χ2v) is 11.1. The largest absolute Gasteiger partial charge is 0.435 e. The second kappa shape index (κ2) is 9.16. The van der Waals surface area contributed by atoms with Gasteiger partial charge in [0.2, 0.25) is 5.91 Å². The maximum Gasteiger partial charge on any atom is 0.435 e. The van der Waals surface area contributed by atoms with E-state index >= 15 is 4.39 Å². The summed E-state index contributed by atoms with van der Waals surface area (Å²) in [5.74, 6) is 1.16. The summed E-state index contributed by atoms with van der Waals surface area (Å²) in [6.07, 6.45) is -10.2. The van der Waals surface area contributed by atoms with E-state index in [0.29, 0.717) is 17.6 Å². The number of pyridine rings is 1. The molecule has 1 atom stereocenters. The Kier molecular flexibility index (Phi) is 6.58. The number of amides is 1. The number of nitrogens with zero attached hydrogens (tertiary/aromatic N) is 3. The summed E-state index contributed by atoms with van der Waals surface area (Å²) >= 11 is 13.0. The zero-order chi connectivity index (χ0) is 27.7. The lowest BCUT2D eigenvalue weighted by atomic mass is 9.85. The van der Waals surface area contributed by atoms with Gasteiger partial charge in [0, 0.05) is 28.8 Å². The van der Waals surface area contributed by atoms with Gasteiger partial charge in [0.15, 0.2) is 5.67 Å². The molecule has 5 nitrogen and oxygen atoms in total. The zero-order valence-corrected chi connectivity index (χ0v) is 21.3. The molecule has 1 amide bonds. The highest BCUT2D eigenvalue weighted by atomic mass is 35.5. The Labute approximate surface area is 225 Å². The van der Waals surface area contributed by atoms with Crippen LogP contribution in [0, 0.1) is 5.92 Å². The first-order valence-corrected chi connectivity index (χ1v) is 13.0. The molecular weight excluding hydrogens is 586 g/mol. The predicted molar refractivity (Wildman–Crippen MR) is 126 cm³/mol. The molecule has 0 saturated carbocycles. The van der Waals surface area contributed by atoms with Crippen LogP contribution in [0.5, 0.6) is 0 Å². The molecule has 1 unspecified atom stereocenters. The van der Waals surface area contributed by atoms with Crippen molar-refractivity contribution < 1.29 is 40.4 Å². The minimum atomic E-state index is -5.20. The monoisotopic (exact) mass is 601 g/mol. The fourth-order valence-electron chi connectivity index (χ4n) is 4.43. The van der Waals surface area contributed by atoms with E-state index in [2.05, 4.69) is 10.1 Å². The molecule has 0 radical (unpaired) electrons. The van der Waals surface area contributed by atoms with Gasteiger partial charge in [0.1, 0.15) is 0 Å². The zero-order valence-electron chi connectivity index (χ0n) is 19.0. The number of hydrogen-bond donors (Lipinski definition) is 0. The highest BCUT2D eigenvalue weighted by Gasteiger charge is 2.63. The van der Waals surface area contributed by atoms with Gasteiger partial charge < -0.3 is 9.74 Å². The third-order valence-electron chi connectivity index (χ3n) is 6.72. The molecule has 3 aliphatic heterocycles. The van der Waals surface area contributed by atoms with E-state index in [1.165, 1.54) is 17.0 Å². The molecule has 0 spiro atoms. The van der Waals surface area contributed by atoms with Crippen LogP contribution in [0.4, 0.5) is 30.7 Å². The second-order valence-electron chi connectivity index (χ2n) is 9.27. The normalized spacial score (nSPS) is 23.4. The van der Waals surface area contributed by atoms with Crippen molar-refractivity contribution >= 4 is 46.6 Å². The van der Waals surface area contributed by atoms with E-state index in [1.807, 2.05) is 0 Å². The molecule has 3 aliphatic rings. The molecule has 15 heteroatoms. The first-order chi connectivity index (χ1) is 17.6. The Hall–Kier alpha value is -2.25. The summed E-state index contributed by atoms with van der Waals surface area (Å²) in [5, 5.41) is 1.82. The van der Waals surface area contributed by atoms with E-state index in [0.717, 1.165) is 6.20 Å². The summed E-state index contributed by atoms with van der Waals surface area (Å²) in [6.45, 7) is -0.362. The van der Waals surface area contributed by atoms with Crippen LogP contribution in [0.3, 0.4) is 0 Å². The van der Waals surface area contributed by atoms with Gasteiger partial charge in [-0.3, -0.25) is 9.78 Å². The molecule has 0 aliphatic carbocycles. The molecule has 2 fully saturated rings. The molecule has 1 aromatic carbocycles. The summed E-state index contributed by atoms with van der Waals surface area (Å²) in [4.78, 5) is 22.5. The lowest BCUT2D eigenvalue weighted by Gasteiger charge is -2.46. The van der Waals surface area contributed by atoms with Crippen molar-refractivity contribution in [2.24, 2.45) is 11.1 Å². The fourth-order valence-corrected chi connectivity index (χ4v) is 5.62. The van der Waals surface area contributed by atoms with Crippen molar-refractivity contribution in [1.29, 1.82) is 0 Å². The minimum absolute atomic E-state index is 0.00538. The average molecular weight is 602 g/mol. The third kappa shape index (κ3) is 4.49. The molecule has 0 bridgehead atoms. The van der Waals surface area contributed by atoms with Gasteiger partial charge in [-0.25, -0.2) is 4.39 Å². The number of alkyl halides is 7. The van der Waals surface area contributed by atoms with Crippen LogP contribution in [-0.4, -0.2) is 52.3 Å². The topological polar surface area (TPSA) is 54.8 Å². The van der Waals surface area contributed by atoms with Gasteiger partial charge in [-0.05, 0) is 24.3 Å². The maximum absolute atomic E-state index is 15.3. The number of likely N-dealkylation sites (tertiary alicyclic amines) is 1. The third-order valence-corrected chi connectivity index (χ3v) is 8.80. The number of carbonyl (C=O) groups is 1.